The predicted octanol–water partition coefficient (Wildman–Crippen LogP) is 3.74. The molecule has 7 nitrogen and oxygen atoms in total. The normalized spacial score (nSPS) is 11.5. The van der Waals surface area contributed by atoms with Crippen LogP contribution in [0.15, 0.2) is 48.5 Å². The Morgan fingerprint density at radius 2 is 1.43 bits per heavy atom. The molecule has 0 saturated carbocycles. The molecule has 0 aliphatic carbocycles. The number of amides is 4. The monoisotopic (exact) mass is 382 g/mol. The van der Waals surface area contributed by atoms with E-state index in [1.165, 1.54) is 6.92 Å². The number of nitrogens with one attached hydrogen (secondary N) is 4. The van der Waals surface area contributed by atoms with Crippen LogP contribution in [0.4, 0.5) is 21.9 Å². The van der Waals surface area contributed by atoms with Crippen molar-refractivity contribution in [3.05, 3.63) is 54.1 Å². The number of anilines is 3. The summed E-state index contributed by atoms with van der Waals surface area (Å²) in [6, 6.07) is 13.1. The molecular formula is C21H26N4O3. The number of urea groups is 1. The van der Waals surface area contributed by atoms with E-state index in [-0.39, 0.29) is 17.7 Å². The Morgan fingerprint density at radius 1 is 0.821 bits per heavy atom. The Morgan fingerprint density at radius 3 is 2.00 bits per heavy atom. The molecule has 0 saturated heterocycles. The Kier molecular flexibility index (Phi) is 7.14. The topological polar surface area (TPSA) is 99.3 Å². The van der Waals surface area contributed by atoms with Gasteiger partial charge in [-0.05, 0) is 42.7 Å². The molecular weight excluding hydrogens is 356 g/mol. The second kappa shape index (κ2) is 9.55. The van der Waals surface area contributed by atoms with Gasteiger partial charge >= 0.3 is 6.03 Å². The summed E-state index contributed by atoms with van der Waals surface area (Å²) in [4.78, 5) is 36.4. The molecule has 148 valence electrons. The zero-order valence-corrected chi connectivity index (χ0v) is 16.5. The summed E-state index contributed by atoms with van der Waals surface area (Å²) >= 11 is 0. The number of carbonyl (C=O) groups is 3. The molecule has 0 bridgehead atoms. The van der Waals surface area contributed by atoms with Gasteiger partial charge in [0, 0.05) is 24.0 Å². The lowest BCUT2D eigenvalue weighted by atomic mass is 10.0. The first-order valence-electron chi connectivity index (χ1n) is 9.08. The fourth-order valence-electron chi connectivity index (χ4n) is 2.67. The maximum atomic E-state index is 12.8. The first-order valence-corrected chi connectivity index (χ1v) is 9.08. The van der Waals surface area contributed by atoms with Crippen LogP contribution in [0.3, 0.4) is 0 Å². The minimum atomic E-state index is -0.729. The molecule has 0 heterocycles. The van der Waals surface area contributed by atoms with Gasteiger partial charge in [-0.3, -0.25) is 9.59 Å². The smallest absolute Gasteiger partial charge is 0.319 e. The summed E-state index contributed by atoms with van der Waals surface area (Å²) in [6.45, 7) is 6.94. The second-order valence-corrected chi connectivity index (χ2v) is 6.83. The molecule has 2 aromatic carbocycles. The number of hydrogen-bond donors (Lipinski definition) is 4. The quantitative estimate of drug-likeness (QED) is 0.612. The van der Waals surface area contributed by atoms with Gasteiger partial charge in [-0.1, -0.05) is 38.1 Å². The summed E-state index contributed by atoms with van der Waals surface area (Å²) in [6.07, 6.45) is 0. The van der Waals surface area contributed by atoms with Crippen molar-refractivity contribution in [2.75, 3.05) is 16.0 Å². The molecule has 7 heteroatoms. The van der Waals surface area contributed by atoms with Gasteiger partial charge in [-0.15, -0.1) is 0 Å². The Hall–Kier alpha value is -3.35. The second-order valence-electron chi connectivity index (χ2n) is 6.83. The van der Waals surface area contributed by atoms with Gasteiger partial charge in [0.05, 0.1) is 0 Å². The zero-order valence-electron chi connectivity index (χ0n) is 16.5. The lowest BCUT2D eigenvalue weighted by molar-refractivity contribution is -0.118. The molecule has 1 atom stereocenters. The van der Waals surface area contributed by atoms with Crippen LogP contribution in [0.2, 0.25) is 0 Å². The standard InChI is InChI=1S/C21H26N4O3/c1-13(2)19(25-21(28)23-16-9-6-5-7-10-16)20(27)24-18-12-8-11-17(14(18)3)22-15(4)26/h5-13,19H,1-4H3,(H,22,26)(H,24,27)(H2,23,25,28). The summed E-state index contributed by atoms with van der Waals surface area (Å²) in [5.74, 6) is -0.646. The largest absolute Gasteiger partial charge is 0.326 e. The van der Waals surface area contributed by atoms with E-state index in [4.69, 9.17) is 0 Å². The summed E-state index contributed by atoms with van der Waals surface area (Å²) < 4.78 is 0. The van der Waals surface area contributed by atoms with E-state index >= 15 is 0 Å². The van der Waals surface area contributed by atoms with Crippen molar-refractivity contribution < 1.29 is 14.4 Å². The van der Waals surface area contributed by atoms with Crippen LogP contribution in [0.5, 0.6) is 0 Å². The molecule has 0 aromatic heterocycles. The van der Waals surface area contributed by atoms with Crippen molar-refractivity contribution in [2.45, 2.75) is 33.7 Å². The molecule has 4 amide bonds. The molecule has 0 aliphatic heterocycles. The average Bonchev–Trinajstić information content (AvgIpc) is 2.63. The van der Waals surface area contributed by atoms with Gasteiger partial charge in [-0.25, -0.2) is 4.79 Å². The summed E-state index contributed by atoms with van der Waals surface area (Å²) in [5, 5.41) is 11.0. The van der Waals surface area contributed by atoms with Crippen LogP contribution in [0, 0.1) is 12.8 Å². The molecule has 2 aromatic rings. The van der Waals surface area contributed by atoms with E-state index in [0.29, 0.717) is 17.1 Å². The maximum Gasteiger partial charge on any atom is 0.319 e. The SMILES string of the molecule is CC(=O)Nc1cccc(NC(=O)C(NC(=O)Nc2ccccc2)C(C)C)c1C. The van der Waals surface area contributed by atoms with Crippen molar-refractivity contribution >= 4 is 34.9 Å². The molecule has 1 unspecified atom stereocenters. The van der Waals surface area contributed by atoms with Crippen molar-refractivity contribution in [3.8, 4) is 0 Å². The maximum absolute atomic E-state index is 12.8. The van der Waals surface area contributed by atoms with Crippen molar-refractivity contribution in [3.63, 3.8) is 0 Å². The first-order chi connectivity index (χ1) is 13.3. The molecule has 2 rings (SSSR count). The van der Waals surface area contributed by atoms with Gasteiger partial charge in [0.2, 0.25) is 11.8 Å². The van der Waals surface area contributed by atoms with Crippen LogP contribution < -0.4 is 21.3 Å². The number of carbonyl (C=O) groups excluding carboxylic acids is 3. The van der Waals surface area contributed by atoms with E-state index < -0.39 is 12.1 Å². The highest BCUT2D eigenvalue weighted by Crippen LogP contribution is 2.24. The lowest BCUT2D eigenvalue weighted by Gasteiger charge is -2.23. The van der Waals surface area contributed by atoms with Crippen molar-refractivity contribution in [1.29, 1.82) is 0 Å². The van der Waals surface area contributed by atoms with E-state index in [9.17, 15) is 14.4 Å². The minimum Gasteiger partial charge on any atom is -0.326 e. The highest BCUT2D eigenvalue weighted by atomic mass is 16.2. The van der Waals surface area contributed by atoms with Gasteiger partial charge in [0.1, 0.15) is 6.04 Å². The number of para-hydroxylation sites is 1. The third-order valence-electron chi connectivity index (χ3n) is 4.17. The van der Waals surface area contributed by atoms with E-state index in [0.717, 1.165) is 5.56 Å². The van der Waals surface area contributed by atoms with E-state index in [1.807, 2.05) is 32.0 Å². The molecule has 0 spiro atoms. The fourth-order valence-corrected chi connectivity index (χ4v) is 2.67. The Balaban J connectivity index is 2.09. The van der Waals surface area contributed by atoms with Gasteiger partial charge in [0.15, 0.2) is 0 Å². The first kappa shape index (κ1) is 21.0. The van der Waals surface area contributed by atoms with Gasteiger partial charge in [0.25, 0.3) is 0 Å². The molecule has 0 radical (unpaired) electrons. The zero-order chi connectivity index (χ0) is 20.7. The molecule has 0 fully saturated rings. The van der Waals surface area contributed by atoms with E-state index in [2.05, 4.69) is 21.3 Å². The van der Waals surface area contributed by atoms with Crippen molar-refractivity contribution in [2.24, 2.45) is 5.92 Å². The van der Waals surface area contributed by atoms with Crippen LogP contribution in [-0.2, 0) is 9.59 Å². The number of benzene rings is 2. The highest BCUT2D eigenvalue weighted by Gasteiger charge is 2.25. The number of rotatable bonds is 6. The molecule has 4 N–H and O–H groups in total. The fraction of sp³-hybridized carbons (Fsp3) is 0.286. The van der Waals surface area contributed by atoms with Crippen LogP contribution >= 0.6 is 0 Å². The third kappa shape index (κ3) is 5.84. The lowest BCUT2D eigenvalue weighted by Crippen LogP contribution is -2.48. The predicted molar refractivity (Wildman–Crippen MR) is 111 cm³/mol. The van der Waals surface area contributed by atoms with Crippen molar-refractivity contribution in [1.82, 2.24) is 5.32 Å². The Bertz CT molecular complexity index is 850. The minimum absolute atomic E-state index is 0.125. The van der Waals surface area contributed by atoms with Crippen LogP contribution in [0.1, 0.15) is 26.3 Å². The molecule has 28 heavy (non-hydrogen) atoms. The summed E-state index contributed by atoms with van der Waals surface area (Å²) in [7, 11) is 0. The van der Waals surface area contributed by atoms with Gasteiger partial charge < -0.3 is 21.3 Å². The molecule has 0 aliphatic rings. The van der Waals surface area contributed by atoms with Crippen LogP contribution in [-0.4, -0.2) is 23.9 Å². The van der Waals surface area contributed by atoms with E-state index in [1.54, 1.807) is 37.3 Å². The average molecular weight is 382 g/mol. The van der Waals surface area contributed by atoms with Crippen LogP contribution in [0.25, 0.3) is 0 Å². The number of hydrogen-bond acceptors (Lipinski definition) is 3. The summed E-state index contributed by atoms with van der Waals surface area (Å²) in [5.41, 5.74) is 2.58. The van der Waals surface area contributed by atoms with Gasteiger partial charge in [-0.2, -0.15) is 0 Å². The Labute approximate surface area is 164 Å². The third-order valence-corrected chi connectivity index (χ3v) is 4.17. The highest BCUT2D eigenvalue weighted by molar-refractivity contribution is 6.00.